The van der Waals surface area contributed by atoms with Crippen molar-refractivity contribution in [3.05, 3.63) is 60.2 Å². The molecule has 1 aromatic carbocycles. The number of hydrogen-bond acceptors (Lipinski definition) is 4. The molecule has 0 bridgehead atoms. The summed E-state index contributed by atoms with van der Waals surface area (Å²) in [5.74, 6) is -0.187. The molecular weight excluding hydrogens is 345 g/mol. The van der Waals surface area contributed by atoms with E-state index in [1.165, 1.54) is 12.1 Å². The van der Waals surface area contributed by atoms with Gasteiger partial charge in [0.2, 0.25) is 0 Å². The van der Waals surface area contributed by atoms with Crippen molar-refractivity contribution in [2.45, 2.75) is 30.9 Å². The van der Waals surface area contributed by atoms with Crippen molar-refractivity contribution in [2.24, 2.45) is 0 Å². The van der Waals surface area contributed by atoms with E-state index < -0.39 is 0 Å². The zero-order valence-corrected chi connectivity index (χ0v) is 15.5. The van der Waals surface area contributed by atoms with E-state index in [9.17, 15) is 9.18 Å². The molecule has 1 unspecified atom stereocenters. The SMILES string of the molecule is CN(c1ccc(F)cc1)C1COC2(CCN(C(=O)c3cccnc3)CC2)C1. The molecule has 142 valence electrons. The fraction of sp³-hybridized carbons (Fsp3) is 0.429. The second-order valence-corrected chi connectivity index (χ2v) is 7.47. The lowest BCUT2D eigenvalue weighted by Crippen LogP contribution is -2.47. The first-order valence-electron chi connectivity index (χ1n) is 9.38. The van der Waals surface area contributed by atoms with Gasteiger partial charge in [0.1, 0.15) is 5.82 Å². The van der Waals surface area contributed by atoms with Gasteiger partial charge >= 0.3 is 0 Å². The van der Waals surface area contributed by atoms with Crippen molar-refractivity contribution < 1.29 is 13.9 Å². The summed E-state index contributed by atoms with van der Waals surface area (Å²) >= 11 is 0. The van der Waals surface area contributed by atoms with E-state index in [2.05, 4.69) is 9.88 Å². The summed E-state index contributed by atoms with van der Waals surface area (Å²) in [6.07, 6.45) is 5.90. The van der Waals surface area contributed by atoms with Gasteiger partial charge in [0.05, 0.1) is 23.8 Å². The lowest BCUT2D eigenvalue weighted by Gasteiger charge is -2.39. The fourth-order valence-corrected chi connectivity index (χ4v) is 4.09. The van der Waals surface area contributed by atoms with Crippen LogP contribution >= 0.6 is 0 Å². The van der Waals surface area contributed by atoms with E-state index in [1.54, 1.807) is 36.7 Å². The minimum atomic E-state index is -0.225. The predicted molar refractivity (Wildman–Crippen MR) is 101 cm³/mol. The van der Waals surface area contributed by atoms with Gasteiger partial charge < -0.3 is 14.5 Å². The number of anilines is 1. The van der Waals surface area contributed by atoms with Crippen LogP contribution in [0.1, 0.15) is 29.6 Å². The summed E-state index contributed by atoms with van der Waals surface area (Å²) in [7, 11) is 2.03. The monoisotopic (exact) mass is 369 g/mol. The highest BCUT2D eigenvalue weighted by molar-refractivity contribution is 5.93. The van der Waals surface area contributed by atoms with Gasteiger partial charge in [-0.05, 0) is 55.7 Å². The van der Waals surface area contributed by atoms with E-state index in [0.717, 1.165) is 24.9 Å². The van der Waals surface area contributed by atoms with E-state index >= 15 is 0 Å². The van der Waals surface area contributed by atoms with E-state index in [-0.39, 0.29) is 23.4 Å². The Labute approximate surface area is 158 Å². The number of aromatic nitrogens is 1. The third-order valence-corrected chi connectivity index (χ3v) is 5.84. The lowest BCUT2D eigenvalue weighted by molar-refractivity contribution is -0.0388. The zero-order chi connectivity index (χ0) is 18.9. The molecule has 1 spiro atoms. The average Bonchev–Trinajstić information content (AvgIpc) is 3.12. The number of nitrogens with zero attached hydrogens (tertiary/aromatic N) is 3. The van der Waals surface area contributed by atoms with E-state index in [1.807, 2.05) is 11.9 Å². The molecule has 2 aromatic rings. The number of carbonyl (C=O) groups excluding carboxylic acids is 1. The number of likely N-dealkylation sites (tertiary alicyclic amines) is 1. The molecular formula is C21H24FN3O2. The van der Waals surface area contributed by atoms with Crippen molar-refractivity contribution in [1.29, 1.82) is 0 Å². The van der Waals surface area contributed by atoms with Crippen LogP contribution in [-0.4, -0.2) is 54.2 Å². The summed E-state index contributed by atoms with van der Waals surface area (Å²) in [4.78, 5) is 20.7. The quantitative estimate of drug-likeness (QED) is 0.834. The number of hydrogen-bond donors (Lipinski definition) is 0. The van der Waals surface area contributed by atoms with Crippen molar-refractivity contribution in [2.75, 3.05) is 31.6 Å². The number of carbonyl (C=O) groups is 1. The Morgan fingerprint density at radius 1 is 1.26 bits per heavy atom. The number of rotatable bonds is 3. The van der Waals surface area contributed by atoms with Crippen LogP contribution in [0.15, 0.2) is 48.8 Å². The van der Waals surface area contributed by atoms with Crippen LogP contribution in [0.5, 0.6) is 0 Å². The Morgan fingerprint density at radius 2 is 2.00 bits per heavy atom. The second kappa shape index (κ2) is 7.27. The Bertz CT molecular complexity index is 789. The molecule has 2 fully saturated rings. The van der Waals surface area contributed by atoms with Crippen molar-refractivity contribution >= 4 is 11.6 Å². The summed E-state index contributed by atoms with van der Waals surface area (Å²) in [5, 5.41) is 0. The number of amides is 1. The van der Waals surface area contributed by atoms with Gasteiger partial charge in [-0.2, -0.15) is 0 Å². The van der Waals surface area contributed by atoms with Crippen LogP contribution in [0.25, 0.3) is 0 Å². The molecule has 6 heteroatoms. The number of likely N-dealkylation sites (N-methyl/N-ethyl adjacent to an activating group) is 1. The van der Waals surface area contributed by atoms with Crippen LogP contribution in [0.3, 0.4) is 0 Å². The maximum Gasteiger partial charge on any atom is 0.255 e. The Morgan fingerprint density at radius 3 is 2.67 bits per heavy atom. The van der Waals surface area contributed by atoms with Crippen molar-refractivity contribution in [3.63, 3.8) is 0 Å². The number of pyridine rings is 1. The van der Waals surface area contributed by atoms with Crippen molar-refractivity contribution in [1.82, 2.24) is 9.88 Å². The minimum absolute atomic E-state index is 0.0379. The molecule has 0 saturated carbocycles. The standard InChI is InChI=1S/C21H24FN3O2/c1-24(18-6-4-17(22)5-7-18)19-13-21(27-15-19)8-11-25(12-9-21)20(26)16-3-2-10-23-14-16/h2-7,10,14,19H,8-9,11-13,15H2,1H3. The lowest BCUT2D eigenvalue weighted by atomic mass is 9.87. The van der Waals surface area contributed by atoms with Gasteiger partial charge in [-0.1, -0.05) is 0 Å². The molecule has 1 amide bonds. The molecule has 0 N–H and O–H groups in total. The molecule has 0 radical (unpaired) electrons. The Kier molecular flexibility index (Phi) is 4.83. The van der Waals surface area contributed by atoms with Crippen LogP contribution in [0.2, 0.25) is 0 Å². The Hall–Kier alpha value is -2.47. The maximum atomic E-state index is 13.2. The minimum Gasteiger partial charge on any atom is -0.373 e. The van der Waals surface area contributed by atoms with E-state index in [4.69, 9.17) is 4.74 Å². The molecule has 2 aliphatic rings. The molecule has 27 heavy (non-hydrogen) atoms. The van der Waals surface area contributed by atoms with Crippen molar-refractivity contribution in [3.8, 4) is 0 Å². The molecule has 2 aliphatic heterocycles. The summed E-state index contributed by atoms with van der Waals surface area (Å²) in [6.45, 7) is 2.05. The van der Waals surface area contributed by atoms with Gasteiger partial charge in [0.25, 0.3) is 5.91 Å². The third kappa shape index (κ3) is 3.67. The first-order chi connectivity index (χ1) is 13.1. The third-order valence-electron chi connectivity index (χ3n) is 5.84. The van der Waals surface area contributed by atoms with Crippen LogP contribution in [0.4, 0.5) is 10.1 Å². The summed E-state index contributed by atoms with van der Waals surface area (Å²) in [5.41, 5.74) is 1.46. The normalized spacial score (nSPS) is 21.4. The maximum absolute atomic E-state index is 13.2. The molecule has 3 heterocycles. The van der Waals surface area contributed by atoms with Crippen LogP contribution < -0.4 is 4.90 Å². The largest absolute Gasteiger partial charge is 0.373 e. The van der Waals surface area contributed by atoms with E-state index in [0.29, 0.717) is 25.3 Å². The van der Waals surface area contributed by atoms with Gasteiger partial charge in [-0.3, -0.25) is 9.78 Å². The van der Waals surface area contributed by atoms with Gasteiger partial charge in [0.15, 0.2) is 0 Å². The van der Waals surface area contributed by atoms with Crippen LogP contribution in [0, 0.1) is 5.82 Å². The molecule has 0 aliphatic carbocycles. The molecule has 1 atom stereocenters. The summed E-state index contributed by atoms with van der Waals surface area (Å²) in [6, 6.07) is 10.4. The highest BCUT2D eigenvalue weighted by Crippen LogP contribution is 2.38. The smallest absolute Gasteiger partial charge is 0.255 e. The number of benzene rings is 1. The predicted octanol–water partition coefficient (Wildman–Crippen LogP) is 3.12. The summed E-state index contributed by atoms with van der Waals surface area (Å²) < 4.78 is 19.4. The first kappa shape index (κ1) is 17.9. The second-order valence-electron chi connectivity index (χ2n) is 7.47. The van der Waals surface area contributed by atoms with Crippen LogP contribution in [-0.2, 0) is 4.74 Å². The fourth-order valence-electron chi connectivity index (χ4n) is 4.09. The Balaban J connectivity index is 1.36. The van der Waals surface area contributed by atoms with Gasteiger partial charge in [-0.15, -0.1) is 0 Å². The molecule has 4 rings (SSSR count). The first-order valence-corrected chi connectivity index (χ1v) is 9.38. The average molecular weight is 369 g/mol. The topological polar surface area (TPSA) is 45.7 Å². The number of piperidine rings is 1. The zero-order valence-electron chi connectivity index (χ0n) is 15.5. The molecule has 1 aromatic heterocycles. The highest BCUT2D eigenvalue weighted by Gasteiger charge is 2.44. The molecule has 5 nitrogen and oxygen atoms in total. The van der Waals surface area contributed by atoms with Gasteiger partial charge in [-0.25, -0.2) is 4.39 Å². The van der Waals surface area contributed by atoms with Gasteiger partial charge in [0, 0.05) is 38.2 Å². The number of halogens is 1. The number of ether oxygens (including phenoxy) is 1. The molecule has 2 saturated heterocycles. The highest BCUT2D eigenvalue weighted by atomic mass is 19.1.